The number of urea groups is 1. The Hall–Kier alpha value is -1.48. The molecule has 0 spiro atoms. The van der Waals surface area contributed by atoms with E-state index in [1.165, 1.54) is 0 Å². The number of aromatic nitrogens is 2. The molecule has 0 aliphatic carbocycles. The fraction of sp³-hybridized carbons (Fsp3) is 0.667. The highest BCUT2D eigenvalue weighted by molar-refractivity contribution is 6.33. The van der Waals surface area contributed by atoms with Gasteiger partial charge in [-0.25, -0.2) is 4.79 Å². The Morgan fingerprint density at radius 1 is 1.59 bits per heavy atom. The molecule has 2 heterocycles. The van der Waals surface area contributed by atoms with E-state index in [4.69, 9.17) is 16.3 Å². The molecule has 124 valence electrons. The lowest BCUT2D eigenvalue weighted by atomic mass is 10.1. The van der Waals surface area contributed by atoms with E-state index in [1.807, 2.05) is 0 Å². The van der Waals surface area contributed by atoms with E-state index in [0.717, 1.165) is 12.6 Å². The summed E-state index contributed by atoms with van der Waals surface area (Å²) in [7, 11) is 1.59. The van der Waals surface area contributed by atoms with Gasteiger partial charge in [-0.1, -0.05) is 11.6 Å². The van der Waals surface area contributed by atoms with Crippen molar-refractivity contribution in [1.29, 1.82) is 0 Å². The number of nitrogens with zero attached hydrogens (tertiary/aromatic N) is 3. The van der Waals surface area contributed by atoms with Gasteiger partial charge in [-0.2, -0.15) is 18.3 Å². The first-order chi connectivity index (χ1) is 10.3. The molecule has 0 radical (unpaired) electrons. The van der Waals surface area contributed by atoms with E-state index in [9.17, 15) is 18.0 Å². The van der Waals surface area contributed by atoms with Crippen LogP contribution in [0.3, 0.4) is 0 Å². The van der Waals surface area contributed by atoms with Crippen molar-refractivity contribution in [3.63, 3.8) is 0 Å². The van der Waals surface area contributed by atoms with E-state index < -0.39 is 18.8 Å². The Morgan fingerprint density at radius 2 is 2.32 bits per heavy atom. The molecule has 1 fully saturated rings. The number of likely N-dealkylation sites (tertiary alicyclic amines) is 1. The van der Waals surface area contributed by atoms with Crippen LogP contribution in [-0.2, 0) is 11.3 Å². The van der Waals surface area contributed by atoms with Gasteiger partial charge in [0.1, 0.15) is 11.6 Å². The van der Waals surface area contributed by atoms with Crippen LogP contribution >= 0.6 is 11.6 Å². The second kappa shape index (κ2) is 6.74. The molecular formula is C12H16ClF3N4O2. The zero-order valence-corrected chi connectivity index (χ0v) is 12.6. The van der Waals surface area contributed by atoms with Crippen LogP contribution < -0.4 is 5.32 Å². The molecule has 22 heavy (non-hydrogen) atoms. The number of ether oxygens (including phenoxy) is 1. The second-order valence-electron chi connectivity index (χ2n) is 5.12. The van der Waals surface area contributed by atoms with Crippen molar-refractivity contribution < 1.29 is 22.7 Å². The van der Waals surface area contributed by atoms with Gasteiger partial charge in [-0.05, 0) is 6.42 Å². The second-order valence-corrected chi connectivity index (χ2v) is 5.53. The summed E-state index contributed by atoms with van der Waals surface area (Å²) in [5, 5.41) is 6.04. The summed E-state index contributed by atoms with van der Waals surface area (Å²) in [5.41, 5.74) is 0. The Morgan fingerprint density at radius 3 is 2.95 bits per heavy atom. The molecular weight excluding hydrogens is 325 g/mol. The first-order valence-electron chi connectivity index (χ1n) is 6.63. The smallest absolute Gasteiger partial charge is 0.384 e. The van der Waals surface area contributed by atoms with Gasteiger partial charge >= 0.3 is 12.2 Å². The topological polar surface area (TPSA) is 59.4 Å². The third-order valence-corrected chi connectivity index (χ3v) is 3.54. The van der Waals surface area contributed by atoms with Crippen LogP contribution in [0.25, 0.3) is 0 Å². The van der Waals surface area contributed by atoms with Crippen molar-refractivity contribution >= 4 is 23.4 Å². The monoisotopic (exact) mass is 340 g/mol. The lowest BCUT2D eigenvalue weighted by Crippen LogP contribution is -2.33. The molecule has 0 saturated carbocycles. The minimum atomic E-state index is -4.40. The zero-order chi connectivity index (χ0) is 16.3. The lowest BCUT2D eigenvalue weighted by Gasteiger charge is -2.16. The van der Waals surface area contributed by atoms with Crippen molar-refractivity contribution in [3.8, 4) is 0 Å². The van der Waals surface area contributed by atoms with Crippen molar-refractivity contribution in [2.45, 2.75) is 19.1 Å². The highest BCUT2D eigenvalue weighted by Crippen LogP contribution is 2.24. The quantitative estimate of drug-likeness (QED) is 0.916. The molecule has 0 bridgehead atoms. The maximum atomic E-state index is 12.3. The molecule has 1 aliphatic rings. The predicted molar refractivity (Wildman–Crippen MR) is 73.9 cm³/mol. The van der Waals surface area contributed by atoms with Gasteiger partial charge in [-0.15, -0.1) is 0 Å². The molecule has 1 N–H and O–H groups in total. The third kappa shape index (κ3) is 4.51. The molecule has 0 aromatic carbocycles. The fourth-order valence-electron chi connectivity index (χ4n) is 2.32. The molecule has 2 amide bonds. The van der Waals surface area contributed by atoms with Gasteiger partial charge < -0.3 is 9.64 Å². The Labute approximate surface area is 130 Å². The van der Waals surface area contributed by atoms with Crippen LogP contribution in [0, 0.1) is 5.92 Å². The number of anilines is 1. The number of hydrogen-bond donors (Lipinski definition) is 1. The van der Waals surface area contributed by atoms with Gasteiger partial charge in [0.2, 0.25) is 0 Å². The number of rotatable bonds is 4. The largest absolute Gasteiger partial charge is 0.408 e. The van der Waals surface area contributed by atoms with Gasteiger partial charge in [0.15, 0.2) is 5.82 Å². The summed E-state index contributed by atoms with van der Waals surface area (Å²) in [4.78, 5) is 13.6. The molecule has 1 saturated heterocycles. The lowest BCUT2D eigenvalue weighted by molar-refractivity contribution is -0.142. The molecule has 6 nitrogen and oxygen atoms in total. The SMILES string of the molecule is COCC1CCN(C(=O)Nc2nn(CC(F)(F)F)cc2Cl)C1. The normalized spacial score (nSPS) is 18.8. The van der Waals surface area contributed by atoms with E-state index >= 15 is 0 Å². The summed E-state index contributed by atoms with van der Waals surface area (Å²) in [6.07, 6.45) is -2.56. The molecule has 1 aliphatic heterocycles. The van der Waals surface area contributed by atoms with Crippen molar-refractivity contribution in [2.75, 3.05) is 32.1 Å². The summed E-state index contributed by atoms with van der Waals surface area (Å²) >= 11 is 5.80. The van der Waals surface area contributed by atoms with Crippen molar-refractivity contribution in [2.24, 2.45) is 5.92 Å². The number of carbonyl (C=O) groups excluding carboxylic acids is 1. The van der Waals surface area contributed by atoms with Crippen LogP contribution in [0.5, 0.6) is 0 Å². The van der Waals surface area contributed by atoms with Crippen LogP contribution in [0.2, 0.25) is 5.02 Å². The highest BCUT2D eigenvalue weighted by atomic mass is 35.5. The molecule has 1 unspecified atom stereocenters. The molecule has 10 heteroatoms. The summed E-state index contributed by atoms with van der Waals surface area (Å²) < 4.78 is 42.6. The number of amides is 2. The molecule has 1 aromatic heterocycles. The zero-order valence-electron chi connectivity index (χ0n) is 11.9. The Bertz CT molecular complexity index is 535. The third-order valence-electron chi connectivity index (χ3n) is 3.26. The number of nitrogens with one attached hydrogen (secondary N) is 1. The Kier molecular flexibility index (Phi) is 5.17. The highest BCUT2D eigenvalue weighted by Gasteiger charge is 2.30. The summed E-state index contributed by atoms with van der Waals surface area (Å²) in [6.45, 7) is 0.383. The maximum Gasteiger partial charge on any atom is 0.408 e. The van der Waals surface area contributed by atoms with Crippen LogP contribution in [0.1, 0.15) is 6.42 Å². The summed E-state index contributed by atoms with van der Waals surface area (Å²) in [6, 6.07) is -0.433. The van der Waals surface area contributed by atoms with Crippen molar-refractivity contribution in [3.05, 3.63) is 11.2 Å². The van der Waals surface area contributed by atoms with Crippen LogP contribution in [0.15, 0.2) is 6.20 Å². The minimum absolute atomic E-state index is 0.0368. The average Bonchev–Trinajstić information content (AvgIpc) is 2.96. The first kappa shape index (κ1) is 16.9. The fourth-order valence-corrected chi connectivity index (χ4v) is 2.51. The maximum absolute atomic E-state index is 12.3. The molecule has 2 rings (SSSR count). The van der Waals surface area contributed by atoms with E-state index in [-0.39, 0.29) is 16.8 Å². The average molecular weight is 341 g/mol. The molecule has 1 aromatic rings. The minimum Gasteiger partial charge on any atom is -0.384 e. The van der Waals surface area contributed by atoms with Crippen molar-refractivity contribution in [1.82, 2.24) is 14.7 Å². The number of methoxy groups -OCH3 is 1. The van der Waals surface area contributed by atoms with Crippen LogP contribution in [0.4, 0.5) is 23.8 Å². The number of halogens is 4. The number of hydrogen-bond acceptors (Lipinski definition) is 3. The van der Waals surface area contributed by atoms with Gasteiger partial charge in [-0.3, -0.25) is 10.00 Å². The molecule has 1 atom stereocenters. The van der Waals surface area contributed by atoms with E-state index in [0.29, 0.717) is 24.4 Å². The standard InChI is InChI=1S/C12H16ClF3N4O2/c1-22-6-8-2-3-19(4-8)11(21)17-10-9(13)5-20(18-10)7-12(14,15)16/h5,8H,2-4,6-7H2,1H3,(H,17,18,21). The Balaban J connectivity index is 1.95. The van der Waals surface area contributed by atoms with E-state index in [1.54, 1.807) is 12.0 Å². The van der Waals surface area contributed by atoms with Gasteiger partial charge in [0.05, 0.1) is 6.61 Å². The summed E-state index contributed by atoms with van der Waals surface area (Å²) in [5.74, 6) is 0.181. The van der Waals surface area contributed by atoms with Gasteiger partial charge in [0.25, 0.3) is 0 Å². The first-order valence-corrected chi connectivity index (χ1v) is 7.01. The number of alkyl halides is 3. The van der Waals surface area contributed by atoms with Gasteiger partial charge in [0, 0.05) is 32.3 Å². The van der Waals surface area contributed by atoms with E-state index in [2.05, 4.69) is 10.4 Å². The predicted octanol–water partition coefficient (Wildman–Crippen LogP) is 2.60. The van der Waals surface area contributed by atoms with Crippen LogP contribution in [-0.4, -0.2) is 53.7 Å². The number of carbonyl (C=O) groups is 1.